The van der Waals surface area contributed by atoms with Crippen LogP contribution in [0.3, 0.4) is 0 Å². The number of nitrogens with two attached hydrogens (primary N) is 1. The minimum absolute atomic E-state index is 0.0203. The second-order valence-electron chi connectivity index (χ2n) is 7.23. The molecule has 1 aliphatic heterocycles. The Bertz CT molecular complexity index is 1300. The fraction of sp³-hybridized carbons (Fsp3) is 0.190. The Morgan fingerprint density at radius 3 is 2.58 bits per heavy atom. The zero-order chi connectivity index (χ0) is 23.6. The lowest BCUT2D eigenvalue weighted by molar-refractivity contribution is -0.121. The first-order valence-corrected chi connectivity index (χ1v) is 11.6. The van der Waals surface area contributed by atoms with Gasteiger partial charge in [-0.2, -0.15) is 4.98 Å². The summed E-state index contributed by atoms with van der Waals surface area (Å²) in [5.41, 5.74) is 1.59. The molecule has 0 spiro atoms. The van der Waals surface area contributed by atoms with Crippen LogP contribution in [-0.2, 0) is 14.8 Å². The number of carbonyl (C=O) groups excluding carboxylic acids is 1. The normalized spacial score (nSPS) is 13.3. The van der Waals surface area contributed by atoms with Crippen molar-refractivity contribution in [2.45, 2.75) is 18.2 Å². The van der Waals surface area contributed by atoms with Crippen LogP contribution >= 0.6 is 0 Å². The SMILES string of the molecule is CCCN1C(=O)COc2ccc(Nc3nc(Nc4ccc(S(N)(=O)=O)cc4)ncc3F)cc21. The molecule has 172 valence electrons. The fourth-order valence-electron chi connectivity index (χ4n) is 3.26. The lowest BCUT2D eigenvalue weighted by Gasteiger charge is -2.29. The highest BCUT2D eigenvalue weighted by atomic mass is 32.2. The molecule has 12 heteroatoms. The van der Waals surface area contributed by atoms with Crippen molar-refractivity contribution >= 4 is 44.8 Å². The van der Waals surface area contributed by atoms with Gasteiger partial charge in [-0.15, -0.1) is 0 Å². The fourth-order valence-corrected chi connectivity index (χ4v) is 3.77. The van der Waals surface area contributed by atoms with Crippen LogP contribution in [0.25, 0.3) is 0 Å². The third-order valence-electron chi connectivity index (χ3n) is 4.79. The van der Waals surface area contributed by atoms with E-state index in [1.165, 1.54) is 24.3 Å². The van der Waals surface area contributed by atoms with Crippen molar-refractivity contribution in [2.75, 3.05) is 28.7 Å². The van der Waals surface area contributed by atoms with E-state index in [0.29, 0.717) is 29.4 Å². The summed E-state index contributed by atoms with van der Waals surface area (Å²) < 4.78 is 42.6. The highest BCUT2D eigenvalue weighted by molar-refractivity contribution is 7.89. The molecular weight excluding hydrogens is 451 g/mol. The summed E-state index contributed by atoms with van der Waals surface area (Å²) >= 11 is 0. The Morgan fingerprint density at radius 2 is 1.88 bits per heavy atom. The van der Waals surface area contributed by atoms with Crippen molar-refractivity contribution in [3.05, 3.63) is 54.5 Å². The number of hydrogen-bond donors (Lipinski definition) is 3. The van der Waals surface area contributed by atoms with Gasteiger partial charge < -0.3 is 20.3 Å². The number of sulfonamides is 1. The summed E-state index contributed by atoms with van der Waals surface area (Å²) in [6.45, 7) is 2.49. The largest absolute Gasteiger partial charge is 0.482 e. The molecule has 0 atom stereocenters. The van der Waals surface area contributed by atoms with Gasteiger partial charge >= 0.3 is 0 Å². The average molecular weight is 473 g/mol. The first kappa shape index (κ1) is 22.4. The van der Waals surface area contributed by atoms with Crippen molar-refractivity contribution in [1.82, 2.24) is 9.97 Å². The third kappa shape index (κ3) is 5.02. The number of benzene rings is 2. The van der Waals surface area contributed by atoms with Gasteiger partial charge in [-0.05, 0) is 48.9 Å². The number of rotatable bonds is 7. The summed E-state index contributed by atoms with van der Waals surface area (Å²) in [5, 5.41) is 10.9. The number of nitrogens with zero attached hydrogens (tertiary/aromatic N) is 3. The molecule has 10 nitrogen and oxygen atoms in total. The Kier molecular flexibility index (Phi) is 6.11. The van der Waals surface area contributed by atoms with Crippen molar-refractivity contribution in [3.63, 3.8) is 0 Å². The smallest absolute Gasteiger partial charge is 0.265 e. The van der Waals surface area contributed by atoms with Crippen molar-refractivity contribution in [3.8, 4) is 5.75 Å². The molecule has 1 amide bonds. The molecule has 33 heavy (non-hydrogen) atoms. The molecule has 4 rings (SSSR count). The van der Waals surface area contributed by atoms with E-state index in [-0.39, 0.29) is 29.2 Å². The Hall–Kier alpha value is -3.77. The lowest BCUT2D eigenvalue weighted by atomic mass is 10.2. The summed E-state index contributed by atoms with van der Waals surface area (Å²) in [4.78, 5) is 21.9. The predicted molar refractivity (Wildman–Crippen MR) is 121 cm³/mol. The quantitative estimate of drug-likeness (QED) is 0.477. The van der Waals surface area contributed by atoms with Gasteiger partial charge in [0.1, 0.15) is 5.75 Å². The third-order valence-corrected chi connectivity index (χ3v) is 5.72. The average Bonchev–Trinajstić information content (AvgIpc) is 2.78. The molecule has 4 N–H and O–H groups in total. The molecular formula is C21H21FN6O4S. The van der Waals surface area contributed by atoms with Gasteiger partial charge in [-0.1, -0.05) is 6.92 Å². The molecule has 0 unspecified atom stereocenters. The Balaban J connectivity index is 1.56. The van der Waals surface area contributed by atoms with Gasteiger partial charge in [0, 0.05) is 17.9 Å². The first-order chi connectivity index (χ1) is 15.7. The molecule has 2 heterocycles. The number of ether oxygens (including phenoxy) is 1. The predicted octanol–water partition coefficient (Wildman–Crippen LogP) is 2.89. The molecule has 0 radical (unpaired) electrons. The van der Waals surface area contributed by atoms with Crippen LogP contribution in [0.15, 0.2) is 53.6 Å². The van der Waals surface area contributed by atoms with E-state index in [2.05, 4.69) is 20.6 Å². The number of anilines is 5. The monoisotopic (exact) mass is 472 g/mol. The maximum Gasteiger partial charge on any atom is 0.265 e. The number of amides is 1. The molecule has 3 aromatic rings. The van der Waals surface area contributed by atoms with Gasteiger partial charge in [0.05, 0.1) is 16.8 Å². The van der Waals surface area contributed by atoms with E-state index >= 15 is 0 Å². The van der Waals surface area contributed by atoms with E-state index in [4.69, 9.17) is 9.88 Å². The maximum atomic E-state index is 14.4. The topological polar surface area (TPSA) is 140 Å². The van der Waals surface area contributed by atoms with Gasteiger partial charge in [0.15, 0.2) is 18.2 Å². The standard InChI is InChI=1S/C21H21FN6O4S/c1-2-9-28-17-10-14(5-8-18(17)32-12-19(28)29)25-20-16(22)11-24-21(27-20)26-13-3-6-15(7-4-13)33(23,30)31/h3-8,10-11H,2,9,12H2,1H3,(H2,23,30,31)(H2,24,25,26,27). The number of carbonyl (C=O) groups is 1. The molecule has 0 saturated carbocycles. The number of primary sulfonamides is 1. The molecule has 1 aliphatic rings. The van der Waals surface area contributed by atoms with Crippen LogP contribution < -0.4 is 25.4 Å². The maximum absolute atomic E-state index is 14.4. The van der Waals surface area contributed by atoms with Crippen molar-refractivity contribution < 1.29 is 22.3 Å². The summed E-state index contributed by atoms with van der Waals surface area (Å²) in [6, 6.07) is 10.7. The zero-order valence-corrected chi connectivity index (χ0v) is 18.4. The highest BCUT2D eigenvalue weighted by Gasteiger charge is 2.25. The number of fused-ring (bicyclic) bond motifs is 1. The van der Waals surface area contributed by atoms with Crippen molar-refractivity contribution in [2.24, 2.45) is 5.14 Å². The van der Waals surface area contributed by atoms with Gasteiger partial charge in [0.2, 0.25) is 16.0 Å². The molecule has 1 aromatic heterocycles. The van der Waals surface area contributed by atoms with Crippen LogP contribution in [0, 0.1) is 5.82 Å². The second-order valence-corrected chi connectivity index (χ2v) is 8.79. The van der Waals surface area contributed by atoms with Gasteiger partial charge in [-0.25, -0.2) is 22.9 Å². The van der Waals surface area contributed by atoms with Crippen LogP contribution in [0.5, 0.6) is 5.75 Å². The van der Waals surface area contributed by atoms with E-state index in [1.807, 2.05) is 6.92 Å². The molecule has 2 aromatic carbocycles. The summed E-state index contributed by atoms with van der Waals surface area (Å²) in [7, 11) is -3.81. The van der Waals surface area contributed by atoms with Crippen LogP contribution in [0.1, 0.15) is 13.3 Å². The van der Waals surface area contributed by atoms with Crippen molar-refractivity contribution in [1.29, 1.82) is 0 Å². The second kappa shape index (κ2) is 9.00. The number of aromatic nitrogens is 2. The van der Waals surface area contributed by atoms with Gasteiger partial charge in [-0.3, -0.25) is 4.79 Å². The van der Waals surface area contributed by atoms with E-state index < -0.39 is 15.8 Å². The molecule has 0 aliphatic carbocycles. The lowest BCUT2D eigenvalue weighted by Crippen LogP contribution is -2.39. The minimum Gasteiger partial charge on any atom is -0.482 e. The number of hydrogen-bond acceptors (Lipinski definition) is 8. The van der Waals surface area contributed by atoms with E-state index in [1.54, 1.807) is 23.1 Å². The zero-order valence-electron chi connectivity index (χ0n) is 17.6. The number of halogens is 1. The van der Waals surface area contributed by atoms with Crippen LogP contribution in [-0.4, -0.2) is 37.4 Å². The minimum atomic E-state index is -3.81. The Labute approximate surface area is 189 Å². The molecule has 0 bridgehead atoms. The summed E-state index contributed by atoms with van der Waals surface area (Å²) in [6.07, 6.45) is 1.78. The first-order valence-electron chi connectivity index (χ1n) is 10.0. The highest BCUT2D eigenvalue weighted by Crippen LogP contribution is 2.35. The van der Waals surface area contributed by atoms with E-state index in [9.17, 15) is 17.6 Å². The van der Waals surface area contributed by atoms with Gasteiger partial charge in [0.25, 0.3) is 5.91 Å². The van der Waals surface area contributed by atoms with Crippen LogP contribution in [0.4, 0.5) is 33.2 Å². The van der Waals surface area contributed by atoms with E-state index in [0.717, 1.165) is 12.6 Å². The Morgan fingerprint density at radius 1 is 1.15 bits per heavy atom. The number of nitrogens with one attached hydrogen (secondary N) is 2. The summed E-state index contributed by atoms with van der Waals surface area (Å²) in [5.74, 6) is -0.248. The molecule has 0 saturated heterocycles. The van der Waals surface area contributed by atoms with Crippen LogP contribution in [0.2, 0.25) is 0 Å². The molecule has 0 fully saturated rings.